The second kappa shape index (κ2) is 7.35. The standard InChI is InChI=1S/C26H21N5OS/c1-2-22(33-11-1)24-23(18-6-5-16(12-19(18)31-24)25-27-7-8-28-25)21-13-15-3-4-17(14-20(15)32-21)26-29-9-10-30-26/h1-6,11-14,31H,7-10H2,(H,27,28)(H,29,30). The van der Waals surface area contributed by atoms with E-state index in [1.165, 1.54) is 4.88 Å². The van der Waals surface area contributed by atoms with Crippen molar-refractivity contribution >= 4 is 44.9 Å². The zero-order valence-corrected chi connectivity index (χ0v) is 18.6. The average Bonchev–Trinajstić information content (AvgIpc) is 3.68. The maximum atomic E-state index is 6.46. The number of aliphatic imine (C=N–C) groups is 2. The van der Waals surface area contributed by atoms with Crippen LogP contribution in [-0.4, -0.2) is 42.8 Å². The Morgan fingerprint density at radius 3 is 2.36 bits per heavy atom. The second-order valence-electron chi connectivity index (χ2n) is 8.29. The van der Waals surface area contributed by atoms with Crippen LogP contribution in [0.15, 0.2) is 74.4 Å². The number of rotatable bonds is 4. The van der Waals surface area contributed by atoms with Gasteiger partial charge in [0.15, 0.2) is 0 Å². The van der Waals surface area contributed by atoms with E-state index in [-0.39, 0.29) is 0 Å². The number of benzene rings is 2. The van der Waals surface area contributed by atoms with Gasteiger partial charge in [-0.1, -0.05) is 30.3 Å². The first-order valence-corrected chi connectivity index (χ1v) is 12.0. The number of H-pyrrole nitrogens is 1. The number of nitrogens with zero attached hydrogens (tertiary/aromatic N) is 2. The molecule has 0 atom stereocenters. The number of hydrogen-bond acceptors (Lipinski definition) is 6. The third-order valence-electron chi connectivity index (χ3n) is 6.23. The first kappa shape index (κ1) is 18.7. The minimum Gasteiger partial charge on any atom is -0.456 e. The zero-order valence-electron chi connectivity index (χ0n) is 17.8. The van der Waals surface area contributed by atoms with Gasteiger partial charge in [-0.3, -0.25) is 9.98 Å². The SMILES string of the molecule is c1csc(-c2[nH]c3cc(C4=NCCN4)ccc3c2-c2cc3ccc(C4=NCCN4)cc3o2)c1. The Bertz CT molecular complexity index is 1570. The molecule has 6 nitrogen and oxygen atoms in total. The average molecular weight is 452 g/mol. The van der Waals surface area contributed by atoms with Crippen LogP contribution < -0.4 is 10.6 Å². The van der Waals surface area contributed by atoms with Gasteiger partial charge in [0, 0.05) is 40.5 Å². The predicted molar refractivity (Wildman–Crippen MR) is 136 cm³/mol. The van der Waals surface area contributed by atoms with Gasteiger partial charge in [0.05, 0.1) is 29.2 Å². The molecule has 2 aliphatic heterocycles. The molecule has 7 heteroatoms. The lowest BCUT2D eigenvalue weighted by molar-refractivity contribution is 0.632. The summed E-state index contributed by atoms with van der Waals surface area (Å²) in [4.78, 5) is 14.0. The van der Waals surface area contributed by atoms with Crippen molar-refractivity contribution in [3.63, 3.8) is 0 Å². The van der Waals surface area contributed by atoms with Gasteiger partial charge in [-0.25, -0.2) is 0 Å². The third-order valence-corrected chi connectivity index (χ3v) is 7.12. The van der Waals surface area contributed by atoms with Gasteiger partial charge in [0.2, 0.25) is 0 Å². The molecular formula is C26H21N5OS. The molecule has 162 valence electrons. The van der Waals surface area contributed by atoms with Gasteiger partial charge in [0.25, 0.3) is 0 Å². The molecule has 0 spiro atoms. The number of aromatic nitrogens is 1. The van der Waals surface area contributed by atoms with Gasteiger partial charge < -0.3 is 20.0 Å². The van der Waals surface area contributed by atoms with E-state index in [1.54, 1.807) is 11.3 Å². The molecule has 0 saturated heterocycles. The van der Waals surface area contributed by atoms with Crippen molar-refractivity contribution < 1.29 is 4.42 Å². The lowest BCUT2D eigenvalue weighted by Gasteiger charge is -2.03. The molecule has 3 N–H and O–H groups in total. The quantitative estimate of drug-likeness (QED) is 0.359. The number of thiophene rings is 1. The zero-order chi connectivity index (χ0) is 21.8. The largest absolute Gasteiger partial charge is 0.456 e. The molecule has 2 aromatic carbocycles. The first-order chi connectivity index (χ1) is 16.3. The number of nitrogens with one attached hydrogen (secondary N) is 3. The minimum atomic E-state index is 0.820. The fraction of sp³-hybridized carbons (Fsp3) is 0.154. The number of furan rings is 1. The third kappa shape index (κ3) is 3.08. The topological polar surface area (TPSA) is 77.7 Å². The normalized spacial score (nSPS) is 15.6. The summed E-state index contributed by atoms with van der Waals surface area (Å²) in [6.07, 6.45) is 0. The molecule has 33 heavy (non-hydrogen) atoms. The maximum Gasteiger partial charge on any atom is 0.138 e. The van der Waals surface area contributed by atoms with Crippen LogP contribution in [0.3, 0.4) is 0 Å². The summed E-state index contributed by atoms with van der Waals surface area (Å²) in [6, 6.07) is 19.2. The summed E-state index contributed by atoms with van der Waals surface area (Å²) in [6.45, 7) is 3.43. The molecular weight excluding hydrogens is 430 g/mol. The fourth-order valence-corrected chi connectivity index (χ4v) is 5.42. The smallest absolute Gasteiger partial charge is 0.138 e. The number of aromatic amines is 1. The van der Waals surface area contributed by atoms with Crippen LogP contribution >= 0.6 is 11.3 Å². The van der Waals surface area contributed by atoms with E-state index in [0.29, 0.717) is 0 Å². The molecule has 0 bridgehead atoms. The van der Waals surface area contributed by atoms with E-state index in [4.69, 9.17) is 4.42 Å². The number of amidine groups is 2. The van der Waals surface area contributed by atoms with Gasteiger partial charge in [-0.2, -0.15) is 0 Å². The Kier molecular flexibility index (Phi) is 4.17. The van der Waals surface area contributed by atoms with Crippen molar-refractivity contribution in [2.45, 2.75) is 0 Å². The molecule has 0 unspecified atom stereocenters. The monoisotopic (exact) mass is 451 g/mol. The highest BCUT2D eigenvalue weighted by atomic mass is 32.1. The number of fused-ring (bicyclic) bond motifs is 2. The molecule has 0 aliphatic carbocycles. The van der Waals surface area contributed by atoms with Gasteiger partial charge in [-0.15, -0.1) is 11.3 Å². The van der Waals surface area contributed by atoms with Crippen molar-refractivity contribution in [1.29, 1.82) is 0 Å². The van der Waals surface area contributed by atoms with Crippen LogP contribution in [-0.2, 0) is 0 Å². The summed E-state index contributed by atoms with van der Waals surface area (Å²) in [7, 11) is 0. The Hall–Kier alpha value is -3.84. The van der Waals surface area contributed by atoms with E-state index in [9.17, 15) is 0 Å². The van der Waals surface area contributed by atoms with Crippen LogP contribution in [0, 0.1) is 0 Å². The molecule has 0 fully saturated rings. The Morgan fingerprint density at radius 2 is 1.64 bits per heavy atom. The van der Waals surface area contributed by atoms with Gasteiger partial charge in [-0.05, 0) is 29.6 Å². The summed E-state index contributed by atoms with van der Waals surface area (Å²) in [5.74, 6) is 2.77. The highest BCUT2D eigenvalue weighted by Crippen LogP contribution is 2.42. The molecule has 3 aromatic heterocycles. The minimum absolute atomic E-state index is 0.820. The number of hydrogen-bond donors (Lipinski definition) is 3. The first-order valence-electron chi connectivity index (χ1n) is 11.1. The van der Waals surface area contributed by atoms with Gasteiger partial charge >= 0.3 is 0 Å². The van der Waals surface area contributed by atoms with Crippen molar-refractivity contribution in [2.75, 3.05) is 26.2 Å². The van der Waals surface area contributed by atoms with E-state index >= 15 is 0 Å². The summed E-state index contributed by atoms with van der Waals surface area (Å²) < 4.78 is 6.46. The van der Waals surface area contributed by atoms with Crippen LogP contribution in [0.1, 0.15) is 11.1 Å². The molecule has 5 aromatic rings. The highest BCUT2D eigenvalue weighted by Gasteiger charge is 2.21. The van der Waals surface area contributed by atoms with Crippen LogP contribution in [0.4, 0.5) is 0 Å². The molecule has 0 amide bonds. The molecule has 7 rings (SSSR count). The Balaban J connectivity index is 1.41. The summed E-state index contributed by atoms with van der Waals surface area (Å²) in [5.41, 5.74) is 6.28. The molecule has 5 heterocycles. The van der Waals surface area contributed by atoms with Crippen LogP contribution in [0.5, 0.6) is 0 Å². The predicted octanol–water partition coefficient (Wildman–Crippen LogP) is 5.01. The summed E-state index contributed by atoms with van der Waals surface area (Å²) >= 11 is 1.72. The van der Waals surface area contributed by atoms with E-state index < -0.39 is 0 Å². The van der Waals surface area contributed by atoms with E-state index in [0.717, 1.165) is 87.9 Å². The summed E-state index contributed by atoms with van der Waals surface area (Å²) in [5, 5.41) is 11.0. The Labute approximate surface area is 194 Å². The molecule has 0 saturated carbocycles. The Morgan fingerprint density at radius 1 is 0.848 bits per heavy atom. The van der Waals surface area contributed by atoms with E-state index in [1.807, 2.05) is 0 Å². The highest BCUT2D eigenvalue weighted by molar-refractivity contribution is 7.13. The van der Waals surface area contributed by atoms with Crippen molar-refractivity contribution in [3.05, 3.63) is 71.1 Å². The maximum absolute atomic E-state index is 6.46. The molecule has 0 radical (unpaired) electrons. The molecule has 2 aliphatic rings. The lowest BCUT2D eigenvalue weighted by atomic mass is 10.0. The van der Waals surface area contributed by atoms with Crippen molar-refractivity contribution in [1.82, 2.24) is 15.6 Å². The van der Waals surface area contributed by atoms with Crippen molar-refractivity contribution in [3.8, 4) is 21.9 Å². The van der Waals surface area contributed by atoms with Crippen LogP contribution in [0.25, 0.3) is 43.8 Å². The van der Waals surface area contributed by atoms with Crippen molar-refractivity contribution in [2.24, 2.45) is 9.98 Å². The fourth-order valence-electron chi connectivity index (χ4n) is 4.69. The van der Waals surface area contributed by atoms with Gasteiger partial charge in [0.1, 0.15) is 23.0 Å². The second-order valence-corrected chi connectivity index (χ2v) is 9.24. The van der Waals surface area contributed by atoms with Crippen LogP contribution in [0.2, 0.25) is 0 Å². The van der Waals surface area contributed by atoms with E-state index in [2.05, 4.69) is 85.6 Å². The lowest BCUT2D eigenvalue weighted by Crippen LogP contribution is -2.19.